The number of hydrogen-bond donors (Lipinski definition) is 0. The van der Waals surface area contributed by atoms with Crippen molar-refractivity contribution in [1.82, 2.24) is 0 Å². The molecule has 1 heteroatoms. The summed E-state index contributed by atoms with van der Waals surface area (Å²) in [6.07, 6.45) is 0. The van der Waals surface area contributed by atoms with Crippen molar-refractivity contribution < 1.29 is 0 Å². The molecular weight excluding hydrogens is 693 g/mol. The molecule has 0 aliphatic heterocycles. The van der Waals surface area contributed by atoms with E-state index in [9.17, 15) is 0 Å². The van der Waals surface area contributed by atoms with Crippen molar-refractivity contribution in [2.24, 2.45) is 0 Å². The second kappa shape index (κ2) is 11.7. The van der Waals surface area contributed by atoms with Gasteiger partial charge >= 0.3 is 0 Å². The van der Waals surface area contributed by atoms with E-state index >= 15 is 0 Å². The van der Waals surface area contributed by atoms with Gasteiger partial charge in [0.1, 0.15) is 0 Å². The molecule has 11 aromatic rings. The molecule has 0 spiro atoms. The molecule has 56 heavy (non-hydrogen) atoms. The van der Waals surface area contributed by atoms with Crippen molar-refractivity contribution in [1.29, 1.82) is 0 Å². The first kappa shape index (κ1) is 31.8. The SMILES string of the molecule is CC1(C)c2ccc(-c3c4ccccc4c(-c4cccc(-c5ccc6ccccc6c5)c4)c4ccccc34)cc2-c2c1ccc1sc3c4ccccc4ccc3c21. The molecule has 1 aliphatic rings. The molecule has 0 saturated carbocycles. The Labute approximate surface area is 329 Å². The first-order chi connectivity index (χ1) is 27.5. The fourth-order valence-corrected chi connectivity index (χ4v) is 11.2. The first-order valence-electron chi connectivity index (χ1n) is 19.6. The van der Waals surface area contributed by atoms with Crippen LogP contribution in [0.3, 0.4) is 0 Å². The Morgan fingerprint density at radius 3 is 1.64 bits per heavy atom. The van der Waals surface area contributed by atoms with Crippen molar-refractivity contribution in [3.05, 3.63) is 193 Å². The van der Waals surface area contributed by atoms with Crippen LogP contribution in [0.15, 0.2) is 182 Å². The highest BCUT2D eigenvalue weighted by Crippen LogP contribution is 2.56. The van der Waals surface area contributed by atoms with Gasteiger partial charge in [-0.25, -0.2) is 0 Å². The van der Waals surface area contributed by atoms with Gasteiger partial charge in [-0.1, -0.05) is 172 Å². The van der Waals surface area contributed by atoms with Crippen molar-refractivity contribution >= 4 is 74.6 Å². The highest BCUT2D eigenvalue weighted by Gasteiger charge is 2.37. The minimum absolute atomic E-state index is 0.105. The normalized spacial score (nSPS) is 13.3. The van der Waals surface area contributed by atoms with E-state index in [0.717, 1.165) is 0 Å². The zero-order chi connectivity index (χ0) is 37.1. The van der Waals surface area contributed by atoms with Gasteiger partial charge in [0.05, 0.1) is 0 Å². The van der Waals surface area contributed by atoms with E-state index in [0.29, 0.717) is 0 Å². The minimum atomic E-state index is -0.105. The Morgan fingerprint density at radius 1 is 0.357 bits per heavy atom. The van der Waals surface area contributed by atoms with Gasteiger partial charge in [-0.15, -0.1) is 11.3 Å². The van der Waals surface area contributed by atoms with Gasteiger partial charge in [0.15, 0.2) is 0 Å². The number of benzene rings is 10. The summed E-state index contributed by atoms with van der Waals surface area (Å²) < 4.78 is 2.74. The van der Waals surface area contributed by atoms with Crippen LogP contribution in [-0.2, 0) is 5.41 Å². The molecule has 12 rings (SSSR count). The fourth-order valence-electron chi connectivity index (χ4n) is 9.97. The summed E-state index contributed by atoms with van der Waals surface area (Å²) in [6, 6.07) is 68.2. The molecule has 0 saturated heterocycles. The molecule has 1 aromatic heterocycles. The van der Waals surface area contributed by atoms with E-state index in [-0.39, 0.29) is 5.41 Å². The molecule has 0 atom stereocenters. The third-order valence-electron chi connectivity index (χ3n) is 12.6. The molecule has 262 valence electrons. The third-order valence-corrected chi connectivity index (χ3v) is 13.8. The summed E-state index contributed by atoms with van der Waals surface area (Å²) >= 11 is 1.94. The van der Waals surface area contributed by atoms with Crippen LogP contribution in [0, 0.1) is 0 Å². The van der Waals surface area contributed by atoms with Crippen molar-refractivity contribution in [2.45, 2.75) is 19.3 Å². The van der Waals surface area contributed by atoms with E-state index in [4.69, 9.17) is 0 Å². The standard InChI is InChI=1S/C55H36S/c1-55(2)47-27-25-39(32-46(47)52-48(55)28-29-49-53(52)45-26-24-34-13-5-6-17-40(34)54(45)56-49)51-43-20-9-7-18-41(43)50(42-19-8-10-21-44(42)51)38-16-11-15-36(31-38)37-23-22-33-12-3-4-14-35(33)30-37/h3-32H,1-2H3. The lowest BCUT2D eigenvalue weighted by Gasteiger charge is -2.22. The molecule has 1 heterocycles. The molecular formula is C55H36S. The van der Waals surface area contributed by atoms with Gasteiger partial charge in [0.25, 0.3) is 0 Å². The Balaban J connectivity index is 1.09. The molecule has 0 radical (unpaired) electrons. The average Bonchev–Trinajstić information content (AvgIpc) is 3.74. The summed E-state index contributed by atoms with van der Waals surface area (Å²) in [5.41, 5.74) is 13.0. The summed E-state index contributed by atoms with van der Waals surface area (Å²) in [4.78, 5) is 0. The third kappa shape index (κ3) is 4.47. The average molecular weight is 729 g/mol. The van der Waals surface area contributed by atoms with Crippen LogP contribution in [0.1, 0.15) is 25.0 Å². The first-order valence-corrected chi connectivity index (χ1v) is 20.4. The monoisotopic (exact) mass is 728 g/mol. The van der Waals surface area contributed by atoms with Crippen molar-refractivity contribution in [3.8, 4) is 44.5 Å². The Kier molecular flexibility index (Phi) is 6.66. The van der Waals surface area contributed by atoms with Crippen LogP contribution >= 0.6 is 11.3 Å². The maximum Gasteiger partial charge on any atom is 0.0434 e. The Bertz CT molecular complexity index is 3390. The number of hydrogen-bond acceptors (Lipinski definition) is 1. The lowest BCUT2D eigenvalue weighted by Crippen LogP contribution is -2.14. The molecule has 0 nitrogen and oxygen atoms in total. The fraction of sp³-hybridized carbons (Fsp3) is 0.0545. The molecule has 0 fully saturated rings. The van der Waals surface area contributed by atoms with E-state index in [1.54, 1.807) is 0 Å². The van der Waals surface area contributed by atoms with Crippen LogP contribution in [0.2, 0.25) is 0 Å². The summed E-state index contributed by atoms with van der Waals surface area (Å²) in [6.45, 7) is 4.80. The van der Waals surface area contributed by atoms with Crippen LogP contribution < -0.4 is 0 Å². The van der Waals surface area contributed by atoms with E-state index < -0.39 is 0 Å². The van der Waals surface area contributed by atoms with Crippen LogP contribution in [0.25, 0.3) is 108 Å². The largest absolute Gasteiger partial charge is 0.135 e. The zero-order valence-corrected chi connectivity index (χ0v) is 32.0. The molecule has 10 aromatic carbocycles. The maximum atomic E-state index is 2.52. The second-order valence-electron chi connectivity index (χ2n) is 16.0. The zero-order valence-electron chi connectivity index (χ0n) is 31.2. The second-order valence-corrected chi connectivity index (χ2v) is 17.0. The van der Waals surface area contributed by atoms with Gasteiger partial charge in [0, 0.05) is 25.6 Å². The Hall–Kier alpha value is -6.54. The van der Waals surface area contributed by atoms with Gasteiger partial charge in [0.2, 0.25) is 0 Å². The highest BCUT2D eigenvalue weighted by atomic mass is 32.1. The summed E-state index contributed by atoms with van der Waals surface area (Å²) in [5.74, 6) is 0. The van der Waals surface area contributed by atoms with Crippen molar-refractivity contribution in [2.75, 3.05) is 0 Å². The number of thiophene rings is 1. The van der Waals surface area contributed by atoms with E-state index in [2.05, 4.69) is 196 Å². The highest BCUT2D eigenvalue weighted by molar-refractivity contribution is 7.26. The number of rotatable bonds is 3. The molecule has 0 N–H and O–H groups in total. The lowest BCUT2D eigenvalue weighted by atomic mass is 9.81. The quantitative estimate of drug-likeness (QED) is 0.159. The van der Waals surface area contributed by atoms with E-state index in [1.807, 2.05) is 11.3 Å². The predicted octanol–water partition coefficient (Wildman–Crippen LogP) is 16.0. The van der Waals surface area contributed by atoms with Gasteiger partial charge in [-0.05, 0) is 123 Å². The van der Waals surface area contributed by atoms with Crippen molar-refractivity contribution in [3.63, 3.8) is 0 Å². The topological polar surface area (TPSA) is 0 Å². The van der Waals surface area contributed by atoms with Crippen LogP contribution in [0.5, 0.6) is 0 Å². The van der Waals surface area contributed by atoms with Gasteiger partial charge < -0.3 is 0 Å². The molecule has 0 bridgehead atoms. The van der Waals surface area contributed by atoms with Crippen LogP contribution in [0.4, 0.5) is 0 Å². The summed E-state index contributed by atoms with van der Waals surface area (Å²) in [5, 5.41) is 13.0. The molecule has 0 unspecified atom stereocenters. The van der Waals surface area contributed by atoms with Gasteiger partial charge in [-0.2, -0.15) is 0 Å². The lowest BCUT2D eigenvalue weighted by molar-refractivity contribution is 0.661. The minimum Gasteiger partial charge on any atom is -0.135 e. The molecule has 0 amide bonds. The number of fused-ring (bicyclic) bond motifs is 12. The predicted molar refractivity (Wildman–Crippen MR) is 243 cm³/mol. The summed E-state index contributed by atoms with van der Waals surface area (Å²) in [7, 11) is 0. The smallest absolute Gasteiger partial charge is 0.0434 e. The van der Waals surface area contributed by atoms with Gasteiger partial charge in [-0.3, -0.25) is 0 Å². The maximum absolute atomic E-state index is 2.52. The molecule has 1 aliphatic carbocycles. The van der Waals surface area contributed by atoms with Crippen LogP contribution in [-0.4, -0.2) is 0 Å². The Morgan fingerprint density at radius 2 is 0.911 bits per heavy atom. The van der Waals surface area contributed by atoms with E-state index in [1.165, 1.54) is 119 Å².